The highest BCUT2D eigenvalue weighted by Crippen LogP contribution is 2.20. The summed E-state index contributed by atoms with van der Waals surface area (Å²) >= 11 is 2.97. The van der Waals surface area contributed by atoms with Crippen LogP contribution in [0.5, 0.6) is 0 Å². The minimum Gasteiger partial charge on any atom is -0.480 e. The van der Waals surface area contributed by atoms with Gasteiger partial charge in [0.1, 0.15) is 5.25 Å². The average molecular weight is 217 g/mol. The van der Waals surface area contributed by atoms with E-state index in [4.69, 9.17) is 5.11 Å². The van der Waals surface area contributed by atoms with Gasteiger partial charge in [0.2, 0.25) is 0 Å². The van der Waals surface area contributed by atoms with Gasteiger partial charge in [0.25, 0.3) is 0 Å². The molecule has 0 saturated heterocycles. The van der Waals surface area contributed by atoms with E-state index in [9.17, 15) is 4.79 Å². The molecule has 0 fully saturated rings. The Kier molecular flexibility index (Phi) is 4.24. The van der Waals surface area contributed by atoms with Crippen molar-refractivity contribution in [3.8, 4) is 0 Å². The predicted molar refractivity (Wildman–Crippen MR) is 55.1 cm³/mol. The van der Waals surface area contributed by atoms with E-state index < -0.39 is 5.97 Å². The molecule has 0 aliphatic carbocycles. The van der Waals surface area contributed by atoms with Gasteiger partial charge in [-0.25, -0.2) is 4.98 Å². The molecular weight excluding hydrogens is 206 g/mol. The van der Waals surface area contributed by atoms with E-state index in [0.29, 0.717) is 12.2 Å². The zero-order chi connectivity index (χ0) is 9.68. The number of hydrogen-bond acceptors (Lipinski definition) is 4. The Hall–Kier alpha value is -0.550. The molecule has 0 spiro atoms. The average Bonchev–Trinajstić information content (AvgIpc) is 2.57. The quantitative estimate of drug-likeness (QED) is 0.821. The molecule has 0 aromatic carbocycles. The molecule has 0 aliphatic heterocycles. The second-order valence-electron chi connectivity index (χ2n) is 2.53. The molecule has 0 saturated carbocycles. The minimum atomic E-state index is -0.734. The summed E-state index contributed by atoms with van der Waals surface area (Å²) < 4.78 is 0. The predicted octanol–water partition coefficient (Wildman–Crippen LogP) is 2.24. The molecule has 1 N–H and O–H groups in total. The van der Waals surface area contributed by atoms with Crippen molar-refractivity contribution in [2.24, 2.45) is 0 Å². The molecule has 72 valence electrons. The molecule has 0 aliphatic rings. The van der Waals surface area contributed by atoms with Crippen molar-refractivity contribution in [2.45, 2.75) is 24.3 Å². The van der Waals surface area contributed by atoms with Crippen LogP contribution in [0.1, 0.15) is 19.0 Å². The summed E-state index contributed by atoms with van der Waals surface area (Å²) in [6.45, 7) is 1.88. The van der Waals surface area contributed by atoms with Gasteiger partial charge in [0.05, 0.1) is 11.2 Å². The molecule has 1 heterocycles. The van der Waals surface area contributed by atoms with Gasteiger partial charge in [-0.15, -0.1) is 23.1 Å². The first-order chi connectivity index (χ1) is 6.24. The first-order valence-corrected chi connectivity index (χ1v) is 5.94. The summed E-state index contributed by atoms with van der Waals surface area (Å²) in [7, 11) is 0. The zero-order valence-corrected chi connectivity index (χ0v) is 8.90. The van der Waals surface area contributed by atoms with Crippen LogP contribution in [0.2, 0.25) is 0 Å². The first-order valence-electron chi connectivity index (χ1n) is 3.95. The lowest BCUT2D eigenvalue weighted by Gasteiger charge is -2.07. The second kappa shape index (κ2) is 5.24. The van der Waals surface area contributed by atoms with Gasteiger partial charge >= 0.3 is 5.97 Å². The van der Waals surface area contributed by atoms with Gasteiger partial charge in [0.15, 0.2) is 0 Å². The number of carbonyl (C=O) groups is 1. The van der Waals surface area contributed by atoms with Gasteiger partial charge in [-0.1, -0.05) is 6.92 Å². The van der Waals surface area contributed by atoms with E-state index in [1.54, 1.807) is 5.51 Å². The Labute approximate surface area is 85.2 Å². The van der Waals surface area contributed by atoms with Crippen molar-refractivity contribution < 1.29 is 9.90 Å². The fraction of sp³-hybridized carbons (Fsp3) is 0.500. The van der Waals surface area contributed by atoms with Crippen molar-refractivity contribution >= 4 is 29.1 Å². The smallest absolute Gasteiger partial charge is 0.316 e. The maximum atomic E-state index is 10.7. The number of carboxylic acids is 1. The van der Waals surface area contributed by atoms with E-state index in [1.807, 2.05) is 12.3 Å². The van der Waals surface area contributed by atoms with E-state index in [0.717, 1.165) is 5.69 Å². The largest absolute Gasteiger partial charge is 0.480 e. The van der Waals surface area contributed by atoms with Crippen molar-refractivity contribution in [2.75, 3.05) is 0 Å². The molecule has 0 amide bonds. The van der Waals surface area contributed by atoms with Gasteiger partial charge in [-0.2, -0.15) is 0 Å². The molecule has 1 aromatic heterocycles. The number of aromatic nitrogens is 1. The SMILES string of the molecule is CCC(SCc1cscn1)C(=O)O. The van der Waals surface area contributed by atoms with Crippen molar-refractivity contribution in [1.29, 1.82) is 0 Å². The highest BCUT2D eigenvalue weighted by Gasteiger charge is 2.15. The van der Waals surface area contributed by atoms with Gasteiger partial charge < -0.3 is 5.11 Å². The molecule has 1 atom stereocenters. The lowest BCUT2D eigenvalue weighted by atomic mass is 10.3. The van der Waals surface area contributed by atoms with Crippen molar-refractivity contribution in [3.05, 3.63) is 16.6 Å². The maximum absolute atomic E-state index is 10.7. The molecular formula is C8H11NO2S2. The Morgan fingerprint density at radius 1 is 1.85 bits per heavy atom. The number of rotatable bonds is 5. The summed E-state index contributed by atoms with van der Waals surface area (Å²) in [5, 5.41) is 10.4. The van der Waals surface area contributed by atoms with Crippen LogP contribution in [0.15, 0.2) is 10.9 Å². The third-order valence-electron chi connectivity index (χ3n) is 1.56. The van der Waals surface area contributed by atoms with Gasteiger partial charge in [-0.05, 0) is 6.42 Å². The molecule has 5 heteroatoms. The number of nitrogens with zero attached hydrogens (tertiary/aromatic N) is 1. The third-order valence-corrected chi connectivity index (χ3v) is 3.60. The lowest BCUT2D eigenvalue weighted by Crippen LogP contribution is -2.15. The van der Waals surface area contributed by atoms with E-state index in [1.165, 1.54) is 23.1 Å². The number of aliphatic carboxylic acids is 1. The number of carboxylic acid groups (broad SMARTS) is 1. The van der Waals surface area contributed by atoms with Crippen LogP contribution in [0.3, 0.4) is 0 Å². The van der Waals surface area contributed by atoms with Crippen molar-refractivity contribution in [3.63, 3.8) is 0 Å². The van der Waals surface area contributed by atoms with Gasteiger partial charge in [0, 0.05) is 11.1 Å². The maximum Gasteiger partial charge on any atom is 0.316 e. The Balaban J connectivity index is 2.36. The highest BCUT2D eigenvalue weighted by molar-refractivity contribution is 7.99. The summed E-state index contributed by atoms with van der Waals surface area (Å²) in [4.78, 5) is 14.7. The molecule has 3 nitrogen and oxygen atoms in total. The van der Waals surface area contributed by atoms with E-state index >= 15 is 0 Å². The van der Waals surface area contributed by atoms with Crippen LogP contribution in [0.4, 0.5) is 0 Å². The van der Waals surface area contributed by atoms with E-state index in [-0.39, 0.29) is 5.25 Å². The van der Waals surface area contributed by atoms with Crippen LogP contribution in [-0.2, 0) is 10.5 Å². The standard InChI is InChI=1S/C8H11NO2S2/c1-2-7(8(10)11)13-4-6-3-12-5-9-6/h3,5,7H,2,4H2,1H3,(H,10,11). The molecule has 0 bridgehead atoms. The zero-order valence-electron chi connectivity index (χ0n) is 7.27. The number of thiazole rings is 1. The van der Waals surface area contributed by atoms with Crippen LogP contribution in [-0.4, -0.2) is 21.3 Å². The van der Waals surface area contributed by atoms with Crippen LogP contribution >= 0.6 is 23.1 Å². The molecule has 1 rings (SSSR count). The summed E-state index contributed by atoms with van der Waals surface area (Å²) in [5.74, 6) is -0.0448. The topological polar surface area (TPSA) is 50.2 Å². The monoisotopic (exact) mass is 217 g/mol. The Bertz CT molecular complexity index is 261. The van der Waals surface area contributed by atoms with Crippen LogP contribution in [0, 0.1) is 0 Å². The Morgan fingerprint density at radius 3 is 3.08 bits per heavy atom. The molecule has 1 aromatic rings. The second-order valence-corrected chi connectivity index (χ2v) is 4.44. The molecule has 0 radical (unpaired) electrons. The number of hydrogen-bond donors (Lipinski definition) is 1. The minimum absolute atomic E-state index is 0.304. The van der Waals surface area contributed by atoms with Crippen LogP contribution < -0.4 is 0 Å². The fourth-order valence-corrected chi connectivity index (χ4v) is 2.43. The van der Waals surface area contributed by atoms with E-state index in [2.05, 4.69) is 4.98 Å². The Morgan fingerprint density at radius 2 is 2.62 bits per heavy atom. The fourth-order valence-electron chi connectivity index (χ4n) is 0.859. The van der Waals surface area contributed by atoms with Gasteiger partial charge in [-0.3, -0.25) is 4.79 Å². The third kappa shape index (κ3) is 3.36. The molecule has 13 heavy (non-hydrogen) atoms. The van der Waals surface area contributed by atoms with Crippen molar-refractivity contribution in [1.82, 2.24) is 4.98 Å². The normalized spacial score (nSPS) is 12.7. The summed E-state index contributed by atoms with van der Waals surface area (Å²) in [6, 6.07) is 0. The highest BCUT2D eigenvalue weighted by atomic mass is 32.2. The number of thioether (sulfide) groups is 1. The molecule has 1 unspecified atom stereocenters. The van der Waals surface area contributed by atoms with Crippen LogP contribution in [0.25, 0.3) is 0 Å². The lowest BCUT2D eigenvalue weighted by molar-refractivity contribution is -0.136. The summed E-state index contributed by atoms with van der Waals surface area (Å²) in [6.07, 6.45) is 0.657. The first kappa shape index (κ1) is 10.5. The summed E-state index contributed by atoms with van der Waals surface area (Å²) in [5.41, 5.74) is 2.73.